The van der Waals surface area contributed by atoms with Gasteiger partial charge in [0.25, 0.3) is 0 Å². The molecule has 1 aromatic rings. The number of hydrogen-bond acceptors (Lipinski definition) is 5. The molecule has 2 rings (SSSR count). The number of hydrogen-bond donors (Lipinski definition) is 2. The van der Waals surface area contributed by atoms with Crippen LogP contribution in [0.15, 0.2) is 29.3 Å². The van der Waals surface area contributed by atoms with Gasteiger partial charge in [-0.1, -0.05) is 26.0 Å². The number of rotatable bonds is 11. The van der Waals surface area contributed by atoms with Crippen molar-refractivity contribution in [3.8, 4) is 5.75 Å². The van der Waals surface area contributed by atoms with E-state index in [0.29, 0.717) is 0 Å². The monoisotopic (exact) mass is 391 g/mol. The summed E-state index contributed by atoms with van der Waals surface area (Å²) in [7, 11) is 1.80. The Morgan fingerprint density at radius 1 is 1.14 bits per heavy atom. The third-order valence-electron chi connectivity index (χ3n) is 5.00. The second kappa shape index (κ2) is 13.4. The Kier molecular flexibility index (Phi) is 10.7. The van der Waals surface area contributed by atoms with Gasteiger partial charge in [0.1, 0.15) is 12.4 Å². The molecule has 2 N–H and O–H groups in total. The summed E-state index contributed by atoms with van der Waals surface area (Å²) in [5.41, 5.74) is 1.20. The molecule has 0 radical (unpaired) electrons. The highest BCUT2D eigenvalue weighted by atomic mass is 16.5. The summed E-state index contributed by atoms with van der Waals surface area (Å²) in [5, 5.41) is 6.74. The fraction of sp³-hybridized carbons (Fsp3) is 0.667. The Morgan fingerprint density at radius 2 is 1.86 bits per heavy atom. The molecule has 1 aromatic carbocycles. The van der Waals surface area contributed by atoms with E-state index in [1.165, 1.54) is 5.56 Å². The Hall–Kier alpha value is -1.83. The highest BCUT2D eigenvalue weighted by molar-refractivity contribution is 5.79. The number of guanidine groups is 1. The first-order valence-electron chi connectivity index (χ1n) is 10.4. The van der Waals surface area contributed by atoms with Gasteiger partial charge in [0.2, 0.25) is 0 Å². The predicted octanol–water partition coefficient (Wildman–Crippen LogP) is 1.40. The van der Waals surface area contributed by atoms with Crippen molar-refractivity contribution in [1.29, 1.82) is 0 Å². The zero-order valence-electron chi connectivity index (χ0n) is 17.7. The van der Waals surface area contributed by atoms with Crippen LogP contribution in [0.2, 0.25) is 0 Å². The molecular formula is C21H37N5O2. The minimum Gasteiger partial charge on any atom is -0.492 e. The Labute approximate surface area is 170 Å². The highest BCUT2D eigenvalue weighted by Crippen LogP contribution is 2.12. The molecule has 1 heterocycles. The van der Waals surface area contributed by atoms with Crippen molar-refractivity contribution in [3.63, 3.8) is 0 Å². The van der Waals surface area contributed by atoms with Gasteiger partial charge in [-0.15, -0.1) is 0 Å². The Balaban J connectivity index is 1.65. The zero-order valence-corrected chi connectivity index (χ0v) is 17.7. The standard InChI is InChI=1S/C21H37N5O2/c1-4-25(5-2)14-17-28-20-8-6-19(7-9-20)18-24-21(22-3)23-10-11-26-12-15-27-16-13-26/h6-9H,4-5,10-18H2,1-3H3,(H2,22,23,24). The van der Waals surface area contributed by atoms with Crippen LogP contribution in [0, 0.1) is 0 Å². The molecule has 7 heteroatoms. The number of benzene rings is 1. The van der Waals surface area contributed by atoms with E-state index in [-0.39, 0.29) is 0 Å². The summed E-state index contributed by atoms with van der Waals surface area (Å²) >= 11 is 0. The lowest BCUT2D eigenvalue weighted by molar-refractivity contribution is 0.0389. The molecule has 28 heavy (non-hydrogen) atoms. The number of ether oxygens (including phenoxy) is 2. The van der Waals surface area contributed by atoms with Gasteiger partial charge in [-0.3, -0.25) is 9.89 Å². The molecule has 0 bridgehead atoms. The van der Waals surface area contributed by atoms with Crippen LogP contribution in [0.1, 0.15) is 19.4 Å². The molecule has 0 aliphatic carbocycles. The molecule has 0 saturated carbocycles. The van der Waals surface area contributed by atoms with Gasteiger partial charge in [0.15, 0.2) is 5.96 Å². The average molecular weight is 392 g/mol. The van der Waals surface area contributed by atoms with Gasteiger partial charge in [-0.2, -0.15) is 0 Å². The summed E-state index contributed by atoms with van der Waals surface area (Å²) in [6, 6.07) is 8.27. The van der Waals surface area contributed by atoms with Gasteiger partial charge < -0.3 is 25.0 Å². The second-order valence-electron chi connectivity index (χ2n) is 6.83. The van der Waals surface area contributed by atoms with Crippen molar-refractivity contribution in [2.75, 3.05) is 72.7 Å². The van der Waals surface area contributed by atoms with Gasteiger partial charge >= 0.3 is 0 Å². The molecule has 1 saturated heterocycles. The van der Waals surface area contributed by atoms with Gasteiger partial charge in [0, 0.05) is 46.3 Å². The number of nitrogens with zero attached hydrogens (tertiary/aromatic N) is 3. The minimum atomic E-state index is 0.721. The lowest BCUT2D eigenvalue weighted by Crippen LogP contribution is -2.44. The number of nitrogens with one attached hydrogen (secondary N) is 2. The zero-order chi connectivity index (χ0) is 20.0. The van der Waals surface area contributed by atoms with E-state index in [1.54, 1.807) is 7.05 Å². The summed E-state index contributed by atoms with van der Waals surface area (Å²) < 4.78 is 11.2. The van der Waals surface area contributed by atoms with Crippen LogP contribution in [-0.2, 0) is 11.3 Å². The quantitative estimate of drug-likeness (QED) is 0.439. The fourth-order valence-electron chi connectivity index (χ4n) is 3.10. The Morgan fingerprint density at radius 3 is 2.50 bits per heavy atom. The molecule has 0 amide bonds. The van der Waals surface area contributed by atoms with E-state index < -0.39 is 0 Å². The smallest absolute Gasteiger partial charge is 0.191 e. The van der Waals surface area contributed by atoms with Crippen molar-refractivity contribution in [3.05, 3.63) is 29.8 Å². The Bertz CT molecular complexity index is 554. The van der Waals surface area contributed by atoms with Crippen LogP contribution < -0.4 is 15.4 Å². The van der Waals surface area contributed by atoms with E-state index in [1.807, 2.05) is 12.1 Å². The normalized spacial score (nSPS) is 15.6. The summed E-state index contributed by atoms with van der Waals surface area (Å²) in [4.78, 5) is 9.06. The summed E-state index contributed by atoms with van der Waals surface area (Å²) in [5.74, 6) is 1.75. The molecule has 1 aliphatic rings. The van der Waals surface area contributed by atoms with Crippen molar-refractivity contribution < 1.29 is 9.47 Å². The van der Waals surface area contributed by atoms with Gasteiger partial charge in [-0.25, -0.2) is 0 Å². The lowest BCUT2D eigenvalue weighted by atomic mass is 10.2. The molecule has 1 fully saturated rings. The van der Waals surface area contributed by atoms with Crippen molar-refractivity contribution in [2.24, 2.45) is 4.99 Å². The molecule has 0 spiro atoms. The molecule has 158 valence electrons. The van der Waals surface area contributed by atoms with Crippen LogP contribution in [0.5, 0.6) is 5.75 Å². The largest absolute Gasteiger partial charge is 0.492 e. The molecule has 0 unspecified atom stereocenters. The van der Waals surface area contributed by atoms with E-state index >= 15 is 0 Å². The fourth-order valence-corrected chi connectivity index (χ4v) is 3.10. The predicted molar refractivity (Wildman–Crippen MR) is 115 cm³/mol. The number of likely N-dealkylation sites (N-methyl/N-ethyl adjacent to an activating group) is 1. The first kappa shape index (κ1) is 22.5. The maximum atomic E-state index is 5.84. The van der Waals surface area contributed by atoms with E-state index in [9.17, 15) is 0 Å². The van der Waals surface area contributed by atoms with Crippen LogP contribution in [0.25, 0.3) is 0 Å². The second-order valence-corrected chi connectivity index (χ2v) is 6.83. The molecule has 1 aliphatic heterocycles. The van der Waals surface area contributed by atoms with E-state index in [4.69, 9.17) is 9.47 Å². The maximum absolute atomic E-state index is 5.84. The first-order chi connectivity index (χ1) is 13.7. The molecular weight excluding hydrogens is 354 g/mol. The average Bonchev–Trinajstić information content (AvgIpc) is 2.75. The van der Waals surface area contributed by atoms with Crippen molar-refractivity contribution >= 4 is 5.96 Å². The van der Waals surface area contributed by atoms with E-state index in [2.05, 4.69) is 51.4 Å². The van der Waals surface area contributed by atoms with Gasteiger partial charge in [0.05, 0.1) is 13.2 Å². The molecule has 0 aromatic heterocycles. The van der Waals surface area contributed by atoms with Crippen LogP contribution in [0.4, 0.5) is 0 Å². The molecule has 7 nitrogen and oxygen atoms in total. The summed E-state index contributed by atoms with van der Waals surface area (Å²) in [6.07, 6.45) is 0. The third-order valence-corrected chi connectivity index (χ3v) is 5.00. The first-order valence-corrected chi connectivity index (χ1v) is 10.4. The van der Waals surface area contributed by atoms with E-state index in [0.717, 1.165) is 83.9 Å². The third kappa shape index (κ3) is 8.46. The van der Waals surface area contributed by atoms with Crippen LogP contribution >= 0.6 is 0 Å². The SMILES string of the molecule is CCN(CC)CCOc1ccc(CNC(=NC)NCCN2CCOCC2)cc1. The minimum absolute atomic E-state index is 0.721. The van der Waals surface area contributed by atoms with Crippen LogP contribution in [-0.4, -0.2) is 88.4 Å². The van der Waals surface area contributed by atoms with Crippen molar-refractivity contribution in [2.45, 2.75) is 20.4 Å². The highest BCUT2D eigenvalue weighted by Gasteiger charge is 2.09. The maximum Gasteiger partial charge on any atom is 0.191 e. The number of aliphatic imine (C=N–C) groups is 1. The van der Waals surface area contributed by atoms with Crippen molar-refractivity contribution in [1.82, 2.24) is 20.4 Å². The van der Waals surface area contributed by atoms with Gasteiger partial charge in [-0.05, 0) is 30.8 Å². The number of morpholine rings is 1. The molecule has 0 atom stereocenters. The topological polar surface area (TPSA) is 61.4 Å². The van der Waals surface area contributed by atoms with Crippen LogP contribution in [0.3, 0.4) is 0 Å². The summed E-state index contributed by atoms with van der Waals surface area (Å²) in [6.45, 7) is 14.5. The lowest BCUT2D eigenvalue weighted by Gasteiger charge is -2.26.